The molecule has 0 spiro atoms. The number of ether oxygens (including phenoxy) is 2. The molecule has 0 atom stereocenters. The van der Waals surface area contributed by atoms with Crippen LogP contribution >= 0.6 is 0 Å². The number of carbonyl (C=O) groups is 1. The Kier molecular flexibility index (Phi) is 4.22. The second kappa shape index (κ2) is 6.51. The van der Waals surface area contributed by atoms with Gasteiger partial charge in [-0.15, -0.1) is 0 Å². The summed E-state index contributed by atoms with van der Waals surface area (Å²) in [6.07, 6.45) is 1.82. The molecule has 2 amide bonds. The van der Waals surface area contributed by atoms with E-state index in [0.29, 0.717) is 6.54 Å². The second-order valence-electron chi connectivity index (χ2n) is 6.60. The molecule has 3 aliphatic heterocycles. The van der Waals surface area contributed by atoms with Gasteiger partial charge in [-0.25, -0.2) is 4.79 Å². The molecule has 130 valence electrons. The van der Waals surface area contributed by atoms with Crippen LogP contribution in [0, 0.1) is 0 Å². The highest BCUT2D eigenvalue weighted by atomic mass is 16.5. The zero-order valence-corrected chi connectivity index (χ0v) is 14.3. The van der Waals surface area contributed by atoms with Crippen LogP contribution in [-0.4, -0.2) is 61.8 Å². The fourth-order valence-electron chi connectivity index (χ4n) is 3.81. The summed E-state index contributed by atoms with van der Waals surface area (Å²) in [6, 6.07) is 2.13. The van der Waals surface area contributed by atoms with Gasteiger partial charge in [0.05, 0.1) is 13.2 Å². The lowest BCUT2D eigenvalue weighted by atomic mass is 9.99. The van der Waals surface area contributed by atoms with E-state index in [4.69, 9.17) is 9.47 Å². The van der Waals surface area contributed by atoms with Crippen LogP contribution < -0.4 is 14.8 Å². The largest absolute Gasteiger partial charge is 0.493 e. The molecule has 1 saturated heterocycles. The van der Waals surface area contributed by atoms with Crippen molar-refractivity contribution in [3.8, 4) is 11.5 Å². The summed E-state index contributed by atoms with van der Waals surface area (Å²) >= 11 is 0. The van der Waals surface area contributed by atoms with Crippen molar-refractivity contribution in [3.05, 3.63) is 22.8 Å². The highest BCUT2D eigenvalue weighted by Crippen LogP contribution is 2.40. The Hall–Kier alpha value is -1.95. The molecule has 1 aromatic rings. The Balaban J connectivity index is 1.44. The molecular formula is C18H25N3O3. The van der Waals surface area contributed by atoms with Gasteiger partial charge in [0.1, 0.15) is 11.5 Å². The van der Waals surface area contributed by atoms with Crippen LogP contribution in [-0.2, 0) is 19.4 Å². The normalized spacial score (nSPS) is 19.5. The molecule has 24 heavy (non-hydrogen) atoms. The summed E-state index contributed by atoms with van der Waals surface area (Å²) < 4.78 is 11.6. The minimum atomic E-state index is 0.0222. The van der Waals surface area contributed by atoms with Gasteiger partial charge in [0.25, 0.3) is 0 Å². The maximum Gasteiger partial charge on any atom is 0.317 e. The average Bonchev–Trinajstić information content (AvgIpc) is 3.27. The summed E-state index contributed by atoms with van der Waals surface area (Å²) in [4.78, 5) is 16.8. The Morgan fingerprint density at radius 2 is 1.96 bits per heavy atom. The van der Waals surface area contributed by atoms with Gasteiger partial charge in [-0.2, -0.15) is 0 Å². The molecule has 3 aliphatic rings. The van der Waals surface area contributed by atoms with Crippen LogP contribution in [0.3, 0.4) is 0 Å². The molecule has 0 unspecified atom stereocenters. The van der Waals surface area contributed by atoms with Crippen molar-refractivity contribution in [2.24, 2.45) is 0 Å². The van der Waals surface area contributed by atoms with Crippen LogP contribution in [0.1, 0.15) is 23.6 Å². The van der Waals surface area contributed by atoms with Crippen molar-refractivity contribution in [3.63, 3.8) is 0 Å². The van der Waals surface area contributed by atoms with Gasteiger partial charge < -0.3 is 24.6 Å². The maximum atomic E-state index is 12.5. The first kappa shape index (κ1) is 15.6. The summed E-state index contributed by atoms with van der Waals surface area (Å²) in [6.45, 7) is 8.67. The third kappa shape index (κ3) is 2.79. The first-order chi connectivity index (χ1) is 11.8. The number of hydrogen-bond donors (Lipinski definition) is 1. The van der Waals surface area contributed by atoms with E-state index in [2.05, 4.69) is 23.2 Å². The number of nitrogens with one attached hydrogen (secondary N) is 1. The zero-order chi connectivity index (χ0) is 16.5. The molecule has 0 aliphatic carbocycles. The van der Waals surface area contributed by atoms with E-state index in [-0.39, 0.29) is 6.03 Å². The van der Waals surface area contributed by atoms with Gasteiger partial charge in [-0.1, -0.05) is 6.92 Å². The Bertz CT molecular complexity index is 607. The summed E-state index contributed by atoms with van der Waals surface area (Å²) in [7, 11) is 0. The monoisotopic (exact) mass is 331 g/mol. The van der Waals surface area contributed by atoms with Crippen molar-refractivity contribution < 1.29 is 14.3 Å². The van der Waals surface area contributed by atoms with Gasteiger partial charge in [-0.05, 0) is 12.6 Å². The fourth-order valence-corrected chi connectivity index (χ4v) is 3.81. The van der Waals surface area contributed by atoms with Crippen molar-refractivity contribution in [2.45, 2.75) is 26.3 Å². The fraction of sp³-hybridized carbons (Fsp3) is 0.611. The number of piperazine rings is 1. The Morgan fingerprint density at radius 1 is 1.17 bits per heavy atom. The number of benzene rings is 1. The molecule has 0 saturated carbocycles. The number of fused-ring (bicyclic) bond motifs is 2. The first-order valence-corrected chi connectivity index (χ1v) is 8.94. The topological polar surface area (TPSA) is 54.0 Å². The Morgan fingerprint density at radius 3 is 2.75 bits per heavy atom. The van der Waals surface area contributed by atoms with E-state index in [9.17, 15) is 4.79 Å². The minimum Gasteiger partial charge on any atom is -0.493 e. The molecule has 0 radical (unpaired) electrons. The molecule has 4 rings (SSSR count). The lowest BCUT2D eigenvalue weighted by molar-refractivity contribution is 0.142. The SMILES string of the molecule is CCN1CCN(C(=O)NCc2c3c(cc4c2OCC4)OCC3)CC1. The van der Waals surface area contributed by atoms with Gasteiger partial charge in [0, 0.05) is 62.3 Å². The van der Waals surface area contributed by atoms with Crippen LogP contribution in [0.2, 0.25) is 0 Å². The lowest BCUT2D eigenvalue weighted by Gasteiger charge is -2.34. The third-order valence-electron chi connectivity index (χ3n) is 5.28. The molecule has 1 N–H and O–H groups in total. The molecule has 1 fully saturated rings. The van der Waals surface area contributed by atoms with Gasteiger partial charge in [-0.3, -0.25) is 0 Å². The van der Waals surface area contributed by atoms with E-state index in [1.807, 2.05) is 4.90 Å². The van der Waals surface area contributed by atoms with Crippen LogP contribution in [0.4, 0.5) is 4.79 Å². The predicted molar refractivity (Wildman–Crippen MR) is 90.8 cm³/mol. The summed E-state index contributed by atoms with van der Waals surface area (Å²) in [5.74, 6) is 1.94. The van der Waals surface area contributed by atoms with Gasteiger partial charge in [0.2, 0.25) is 0 Å². The minimum absolute atomic E-state index is 0.0222. The number of likely N-dealkylation sites (N-methyl/N-ethyl adjacent to an activating group) is 1. The Labute approximate surface area is 142 Å². The second-order valence-corrected chi connectivity index (χ2v) is 6.60. The van der Waals surface area contributed by atoms with Crippen LogP contribution in [0.25, 0.3) is 0 Å². The van der Waals surface area contributed by atoms with Gasteiger partial charge >= 0.3 is 6.03 Å². The molecule has 3 heterocycles. The number of nitrogens with zero attached hydrogens (tertiary/aromatic N) is 2. The smallest absolute Gasteiger partial charge is 0.317 e. The van der Waals surface area contributed by atoms with Crippen molar-refractivity contribution >= 4 is 6.03 Å². The molecule has 6 nitrogen and oxygen atoms in total. The summed E-state index contributed by atoms with van der Waals surface area (Å²) in [5.41, 5.74) is 3.52. The number of rotatable bonds is 3. The molecule has 0 bridgehead atoms. The zero-order valence-electron chi connectivity index (χ0n) is 14.3. The van der Waals surface area contributed by atoms with E-state index in [1.165, 1.54) is 11.1 Å². The number of amides is 2. The quantitative estimate of drug-likeness (QED) is 0.910. The van der Waals surface area contributed by atoms with E-state index in [1.54, 1.807) is 0 Å². The number of carbonyl (C=O) groups excluding carboxylic acids is 1. The predicted octanol–water partition coefficient (Wildman–Crippen LogP) is 1.40. The van der Waals surface area contributed by atoms with Crippen molar-refractivity contribution in [1.29, 1.82) is 0 Å². The molecule has 1 aromatic carbocycles. The summed E-state index contributed by atoms with van der Waals surface area (Å²) in [5, 5.41) is 3.09. The molecule has 0 aromatic heterocycles. The van der Waals surface area contributed by atoms with Crippen molar-refractivity contribution in [1.82, 2.24) is 15.1 Å². The highest BCUT2D eigenvalue weighted by Gasteiger charge is 2.27. The van der Waals surface area contributed by atoms with Crippen LogP contribution in [0.15, 0.2) is 6.07 Å². The highest BCUT2D eigenvalue weighted by molar-refractivity contribution is 5.74. The average molecular weight is 331 g/mol. The maximum absolute atomic E-state index is 12.5. The number of urea groups is 1. The standard InChI is InChI=1S/C18H25N3O3/c1-2-20-5-7-21(8-6-20)18(22)19-12-15-14-4-10-23-16(14)11-13-3-9-24-17(13)15/h11H,2-10,12H2,1H3,(H,19,22). The van der Waals surface area contributed by atoms with E-state index < -0.39 is 0 Å². The molecular weight excluding hydrogens is 306 g/mol. The first-order valence-electron chi connectivity index (χ1n) is 8.94. The van der Waals surface area contributed by atoms with Gasteiger partial charge in [0.15, 0.2) is 0 Å². The van der Waals surface area contributed by atoms with Crippen LogP contribution in [0.5, 0.6) is 11.5 Å². The molecule has 6 heteroatoms. The van der Waals surface area contributed by atoms with E-state index >= 15 is 0 Å². The third-order valence-corrected chi connectivity index (χ3v) is 5.28. The van der Waals surface area contributed by atoms with E-state index in [0.717, 1.165) is 75.8 Å². The number of hydrogen-bond acceptors (Lipinski definition) is 4. The van der Waals surface area contributed by atoms with Crippen molar-refractivity contribution in [2.75, 3.05) is 45.9 Å². The lowest BCUT2D eigenvalue weighted by Crippen LogP contribution is -2.51.